The molecule has 0 aliphatic rings. The number of hydrogen-bond donors (Lipinski definition) is 3. The number of aromatic nitrogens is 3. The van der Waals surface area contributed by atoms with E-state index in [-0.39, 0.29) is 12.5 Å². The molecule has 0 radical (unpaired) electrons. The first-order valence-corrected chi connectivity index (χ1v) is 5.26. The van der Waals surface area contributed by atoms with Gasteiger partial charge in [-0.3, -0.25) is 9.89 Å². The number of nitrogen functional groups attached to an aromatic ring is 1. The molecule has 1 heterocycles. The van der Waals surface area contributed by atoms with Gasteiger partial charge in [-0.2, -0.15) is 5.10 Å². The van der Waals surface area contributed by atoms with Gasteiger partial charge in [0.1, 0.15) is 17.9 Å². The van der Waals surface area contributed by atoms with Crippen LogP contribution in [-0.2, 0) is 6.54 Å². The molecule has 2 aromatic rings. The van der Waals surface area contributed by atoms with Crippen molar-refractivity contribution in [1.82, 2.24) is 20.5 Å². The van der Waals surface area contributed by atoms with Crippen molar-refractivity contribution in [2.24, 2.45) is 0 Å². The van der Waals surface area contributed by atoms with E-state index >= 15 is 0 Å². The predicted octanol–water partition coefficient (Wildman–Crippen LogP) is 0.325. The Kier molecular flexibility index (Phi) is 3.42. The van der Waals surface area contributed by atoms with Crippen LogP contribution < -0.4 is 15.8 Å². The van der Waals surface area contributed by atoms with Gasteiger partial charge in [0.05, 0.1) is 19.2 Å². The molecule has 0 atom stereocenters. The van der Waals surface area contributed by atoms with E-state index < -0.39 is 0 Å². The lowest BCUT2D eigenvalue weighted by Crippen LogP contribution is -2.24. The third-order valence-electron chi connectivity index (χ3n) is 2.39. The molecule has 94 valence electrons. The monoisotopic (exact) mass is 247 g/mol. The van der Waals surface area contributed by atoms with E-state index in [1.807, 2.05) is 0 Å². The Morgan fingerprint density at radius 1 is 1.56 bits per heavy atom. The van der Waals surface area contributed by atoms with E-state index in [1.165, 1.54) is 13.4 Å². The standard InChI is InChI=1S/C11H13N5O2/c1-18-7-2-3-9(12)8(4-7)11(17)13-5-10-14-6-15-16-10/h2-4,6H,5,12H2,1H3,(H,13,17)(H,14,15,16). The molecule has 4 N–H and O–H groups in total. The van der Waals surface area contributed by atoms with Gasteiger partial charge in [0, 0.05) is 5.69 Å². The number of methoxy groups -OCH3 is 1. The normalized spacial score (nSPS) is 10.1. The van der Waals surface area contributed by atoms with Crippen LogP contribution >= 0.6 is 0 Å². The molecule has 1 amide bonds. The van der Waals surface area contributed by atoms with Crippen LogP contribution in [0.5, 0.6) is 5.75 Å². The van der Waals surface area contributed by atoms with Crippen LogP contribution in [0.3, 0.4) is 0 Å². The number of nitrogens with two attached hydrogens (primary N) is 1. The third-order valence-corrected chi connectivity index (χ3v) is 2.39. The maximum atomic E-state index is 11.9. The maximum absolute atomic E-state index is 11.9. The van der Waals surface area contributed by atoms with Gasteiger partial charge in [0.2, 0.25) is 0 Å². The topological polar surface area (TPSA) is 106 Å². The molecule has 0 aliphatic carbocycles. The number of carbonyl (C=O) groups excluding carboxylic acids is 1. The Morgan fingerprint density at radius 3 is 3.06 bits per heavy atom. The lowest BCUT2D eigenvalue weighted by molar-refractivity contribution is 0.0950. The number of rotatable bonds is 4. The zero-order chi connectivity index (χ0) is 13.0. The zero-order valence-corrected chi connectivity index (χ0v) is 9.80. The molecule has 7 nitrogen and oxygen atoms in total. The van der Waals surface area contributed by atoms with Crippen molar-refractivity contribution >= 4 is 11.6 Å². The molecular weight excluding hydrogens is 234 g/mol. The summed E-state index contributed by atoms with van der Waals surface area (Å²) in [4.78, 5) is 15.8. The molecule has 0 spiro atoms. The number of nitrogens with one attached hydrogen (secondary N) is 2. The summed E-state index contributed by atoms with van der Waals surface area (Å²) >= 11 is 0. The summed E-state index contributed by atoms with van der Waals surface area (Å²) in [5, 5.41) is 9.02. The number of benzene rings is 1. The molecule has 0 saturated carbocycles. The highest BCUT2D eigenvalue weighted by Crippen LogP contribution is 2.19. The van der Waals surface area contributed by atoms with Crippen LogP contribution in [0, 0.1) is 0 Å². The summed E-state index contributed by atoms with van der Waals surface area (Å²) in [6, 6.07) is 4.91. The Hall–Kier alpha value is -2.57. The molecule has 0 aliphatic heterocycles. The molecule has 7 heteroatoms. The fourth-order valence-corrected chi connectivity index (χ4v) is 1.43. The second-order valence-corrected chi connectivity index (χ2v) is 3.57. The number of ether oxygens (including phenoxy) is 1. The van der Waals surface area contributed by atoms with Crippen LogP contribution in [0.15, 0.2) is 24.5 Å². The van der Waals surface area contributed by atoms with Gasteiger partial charge >= 0.3 is 0 Å². The highest BCUT2D eigenvalue weighted by atomic mass is 16.5. The number of carbonyl (C=O) groups is 1. The maximum Gasteiger partial charge on any atom is 0.253 e. The fraction of sp³-hybridized carbons (Fsp3) is 0.182. The molecule has 2 rings (SSSR count). The molecule has 1 aromatic carbocycles. The second-order valence-electron chi connectivity index (χ2n) is 3.57. The predicted molar refractivity (Wildman–Crippen MR) is 65.0 cm³/mol. The van der Waals surface area contributed by atoms with Crippen molar-refractivity contribution in [3.8, 4) is 5.75 Å². The minimum atomic E-state index is -0.289. The van der Waals surface area contributed by atoms with Crippen molar-refractivity contribution in [1.29, 1.82) is 0 Å². The van der Waals surface area contributed by atoms with Crippen LogP contribution in [0.1, 0.15) is 16.2 Å². The summed E-state index contributed by atoms with van der Waals surface area (Å²) in [6.45, 7) is 0.259. The quantitative estimate of drug-likeness (QED) is 0.675. The zero-order valence-electron chi connectivity index (χ0n) is 9.80. The van der Waals surface area contributed by atoms with E-state index in [0.29, 0.717) is 22.8 Å². The molecule has 0 bridgehead atoms. The number of hydrogen-bond acceptors (Lipinski definition) is 5. The number of amides is 1. The molecule has 0 fully saturated rings. The Labute approximate surface area is 103 Å². The van der Waals surface area contributed by atoms with E-state index in [4.69, 9.17) is 10.5 Å². The van der Waals surface area contributed by atoms with Gasteiger partial charge in [-0.15, -0.1) is 0 Å². The highest BCUT2D eigenvalue weighted by molar-refractivity contribution is 5.99. The van der Waals surface area contributed by atoms with Gasteiger partial charge < -0.3 is 15.8 Å². The van der Waals surface area contributed by atoms with Crippen molar-refractivity contribution in [2.75, 3.05) is 12.8 Å². The van der Waals surface area contributed by atoms with Gasteiger partial charge in [0.25, 0.3) is 5.91 Å². The SMILES string of the molecule is COc1ccc(N)c(C(=O)NCc2ncn[nH]2)c1. The summed E-state index contributed by atoms with van der Waals surface area (Å²) in [7, 11) is 1.53. The van der Waals surface area contributed by atoms with Gasteiger partial charge in [0.15, 0.2) is 0 Å². The summed E-state index contributed by atoms with van der Waals surface area (Å²) in [5.74, 6) is 0.863. The van der Waals surface area contributed by atoms with Crippen molar-refractivity contribution < 1.29 is 9.53 Å². The third kappa shape index (κ3) is 2.57. The van der Waals surface area contributed by atoms with Crippen molar-refractivity contribution in [3.63, 3.8) is 0 Å². The van der Waals surface area contributed by atoms with E-state index in [9.17, 15) is 4.79 Å². The van der Waals surface area contributed by atoms with Crippen molar-refractivity contribution in [2.45, 2.75) is 6.54 Å². The first kappa shape index (κ1) is 11.9. The molecule has 18 heavy (non-hydrogen) atoms. The van der Waals surface area contributed by atoms with Gasteiger partial charge in [-0.25, -0.2) is 4.98 Å². The lowest BCUT2D eigenvalue weighted by atomic mass is 10.1. The van der Waals surface area contributed by atoms with Crippen LogP contribution in [0.4, 0.5) is 5.69 Å². The number of nitrogens with zero attached hydrogens (tertiary/aromatic N) is 2. The summed E-state index contributed by atoms with van der Waals surface area (Å²) < 4.78 is 5.05. The van der Waals surface area contributed by atoms with E-state index in [1.54, 1.807) is 18.2 Å². The van der Waals surface area contributed by atoms with Gasteiger partial charge in [-0.05, 0) is 18.2 Å². The first-order valence-electron chi connectivity index (χ1n) is 5.26. The first-order chi connectivity index (χ1) is 8.70. The molecular formula is C11H13N5O2. The fourth-order valence-electron chi connectivity index (χ4n) is 1.43. The van der Waals surface area contributed by atoms with Crippen molar-refractivity contribution in [3.05, 3.63) is 35.9 Å². The highest BCUT2D eigenvalue weighted by Gasteiger charge is 2.11. The Morgan fingerprint density at radius 2 is 2.39 bits per heavy atom. The smallest absolute Gasteiger partial charge is 0.253 e. The minimum Gasteiger partial charge on any atom is -0.497 e. The molecule has 0 unspecified atom stereocenters. The van der Waals surface area contributed by atoms with E-state index in [0.717, 1.165) is 0 Å². The lowest BCUT2D eigenvalue weighted by Gasteiger charge is -2.08. The number of H-pyrrole nitrogens is 1. The van der Waals surface area contributed by atoms with Crippen LogP contribution in [0.2, 0.25) is 0 Å². The van der Waals surface area contributed by atoms with Crippen LogP contribution in [-0.4, -0.2) is 28.2 Å². The molecule has 1 aromatic heterocycles. The molecule has 0 saturated heterocycles. The Balaban J connectivity index is 2.08. The number of aromatic amines is 1. The average molecular weight is 247 g/mol. The average Bonchev–Trinajstić information content (AvgIpc) is 2.89. The summed E-state index contributed by atoms with van der Waals surface area (Å²) in [5.41, 5.74) is 6.51. The second kappa shape index (κ2) is 5.17. The summed E-state index contributed by atoms with van der Waals surface area (Å²) in [6.07, 6.45) is 1.38. The van der Waals surface area contributed by atoms with E-state index in [2.05, 4.69) is 20.5 Å². The largest absolute Gasteiger partial charge is 0.497 e. The van der Waals surface area contributed by atoms with Gasteiger partial charge in [-0.1, -0.05) is 0 Å². The Bertz CT molecular complexity index is 538. The van der Waals surface area contributed by atoms with Crippen LogP contribution in [0.25, 0.3) is 0 Å². The minimum absolute atomic E-state index is 0.259. The number of anilines is 1.